The van der Waals surface area contributed by atoms with Crippen molar-refractivity contribution in [2.45, 2.75) is 38.5 Å². The molecule has 0 atom stereocenters. The second kappa shape index (κ2) is 10.1. The first kappa shape index (κ1) is 21.6. The van der Waals surface area contributed by atoms with Crippen molar-refractivity contribution in [2.75, 3.05) is 30.3 Å². The van der Waals surface area contributed by atoms with Crippen LogP contribution in [0.2, 0.25) is 5.02 Å². The van der Waals surface area contributed by atoms with Crippen molar-refractivity contribution in [2.24, 2.45) is 0 Å². The molecule has 1 aliphatic rings. The van der Waals surface area contributed by atoms with Crippen LogP contribution in [0, 0.1) is 0 Å². The Morgan fingerprint density at radius 3 is 2.52 bits per heavy atom. The number of aliphatic hydroxyl groups is 1. The van der Waals surface area contributed by atoms with E-state index in [9.17, 15) is 5.11 Å². The maximum Gasteiger partial charge on any atom is 0.241 e. The highest BCUT2D eigenvalue weighted by molar-refractivity contribution is 6.30. The van der Waals surface area contributed by atoms with Crippen molar-refractivity contribution in [1.29, 1.82) is 0 Å². The summed E-state index contributed by atoms with van der Waals surface area (Å²) in [6, 6.07) is 16.8. The topological polar surface area (TPSA) is 94.3 Å². The van der Waals surface area contributed by atoms with E-state index in [0.717, 1.165) is 62.0 Å². The van der Waals surface area contributed by atoms with Crippen LogP contribution in [-0.4, -0.2) is 50.9 Å². The molecule has 4 rings (SSSR count). The van der Waals surface area contributed by atoms with Crippen LogP contribution in [-0.2, 0) is 19.6 Å². The standard InChI is InChI=1S/C23H29ClN6O/c24-20-6-4-17(5-7-20)8-11-30(15-18-2-1-3-19(14-18)16-31)21-9-12-29(13-10-21)23-26-22(25)27-28-23/h1-7,14,21,31H,8-13,15-16H2,(H3,25,26,27,28). The number of hydrogen-bond donors (Lipinski definition) is 3. The summed E-state index contributed by atoms with van der Waals surface area (Å²) in [6.07, 6.45) is 3.05. The molecule has 2 aromatic carbocycles. The summed E-state index contributed by atoms with van der Waals surface area (Å²) < 4.78 is 0. The lowest BCUT2D eigenvalue weighted by molar-refractivity contribution is 0.162. The number of nitrogens with two attached hydrogens (primary N) is 1. The summed E-state index contributed by atoms with van der Waals surface area (Å²) >= 11 is 6.04. The molecule has 164 valence electrons. The van der Waals surface area contributed by atoms with Crippen molar-refractivity contribution in [3.8, 4) is 0 Å². The zero-order valence-electron chi connectivity index (χ0n) is 17.5. The molecule has 0 amide bonds. The van der Waals surface area contributed by atoms with Crippen LogP contribution in [0.1, 0.15) is 29.5 Å². The summed E-state index contributed by atoms with van der Waals surface area (Å²) in [5.41, 5.74) is 9.13. The van der Waals surface area contributed by atoms with Crippen molar-refractivity contribution in [3.63, 3.8) is 0 Å². The molecule has 8 heteroatoms. The van der Waals surface area contributed by atoms with Crippen LogP contribution < -0.4 is 10.6 Å². The maximum absolute atomic E-state index is 9.51. The van der Waals surface area contributed by atoms with Crippen LogP contribution in [0.15, 0.2) is 48.5 Å². The Kier molecular flexibility index (Phi) is 7.06. The summed E-state index contributed by atoms with van der Waals surface area (Å²) in [5, 5.41) is 17.1. The summed E-state index contributed by atoms with van der Waals surface area (Å²) in [5.74, 6) is 1.03. The van der Waals surface area contributed by atoms with Crippen molar-refractivity contribution >= 4 is 23.5 Å². The molecule has 4 N–H and O–H groups in total. The van der Waals surface area contributed by atoms with E-state index in [1.54, 1.807) is 0 Å². The first-order valence-corrected chi connectivity index (χ1v) is 11.1. The number of benzene rings is 2. The second-order valence-electron chi connectivity index (χ2n) is 8.06. The SMILES string of the molecule is Nc1n[nH]c(N2CCC(N(CCc3ccc(Cl)cc3)Cc3cccc(CO)c3)CC2)n1. The van der Waals surface area contributed by atoms with E-state index in [2.05, 4.69) is 49.2 Å². The van der Waals surface area contributed by atoms with Gasteiger partial charge in [0.15, 0.2) is 0 Å². The van der Waals surface area contributed by atoms with E-state index in [1.165, 1.54) is 11.1 Å². The van der Waals surface area contributed by atoms with Gasteiger partial charge >= 0.3 is 0 Å². The van der Waals surface area contributed by atoms with E-state index < -0.39 is 0 Å². The molecule has 0 aliphatic carbocycles. The largest absolute Gasteiger partial charge is 0.392 e. The highest BCUT2D eigenvalue weighted by Gasteiger charge is 2.26. The fraction of sp³-hybridized carbons (Fsp3) is 0.391. The number of aromatic amines is 1. The quantitative estimate of drug-likeness (QED) is 0.497. The van der Waals surface area contributed by atoms with Crippen molar-refractivity contribution in [3.05, 3.63) is 70.2 Å². The number of rotatable bonds is 8. The van der Waals surface area contributed by atoms with Gasteiger partial charge in [-0.25, -0.2) is 5.10 Å². The molecule has 0 unspecified atom stereocenters. The third-order valence-corrected chi connectivity index (χ3v) is 6.18. The fourth-order valence-corrected chi connectivity index (χ4v) is 4.35. The number of hydrogen-bond acceptors (Lipinski definition) is 6. The average molecular weight is 441 g/mol. The Hall–Kier alpha value is -2.61. The maximum atomic E-state index is 9.51. The average Bonchev–Trinajstić information content (AvgIpc) is 3.24. The number of aliphatic hydroxyl groups excluding tert-OH is 1. The Morgan fingerprint density at radius 1 is 1.10 bits per heavy atom. The molecule has 1 saturated heterocycles. The van der Waals surface area contributed by atoms with E-state index in [4.69, 9.17) is 17.3 Å². The fourth-order valence-electron chi connectivity index (χ4n) is 4.23. The van der Waals surface area contributed by atoms with Gasteiger partial charge in [-0.15, -0.1) is 5.10 Å². The normalized spacial score (nSPS) is 15.0. The summed E-state index contributed by atoms with van der Waals surface area (Å²) in [6.45, 7) is 3.71. The molecule has 1 aliphatic heterocycles. The van der Waals surface area contributed by atoms with Gasteiger partial charge in [0.25, 0.3) is 0 Å². The lowest BCUT2D eigenvalue weighted by Crippen LogP contribution is -2.45. The molecule has 0 bridgehead atoms. The van der Waals surface area contributed by atoms with Gasteiger partial charge in [-0.1, -0.05) is 48.0 Å². The van der Waals surface area contributed by atoms with Gasteiger partial charge in [-0.2, -0.15) is 4.98 Å². The highest BCUT2D eigenvalue weighted by atomic mass is 35.5. The van der Waals surface area contributed by atoms with Gasteiger partial charge < -0.3 is 15.7 Å². The number of nitrogen functional groups attached to an aromatic ring is 1. The van der Waals surface area contributed by atoms with Crippen LogP contribution in [0.4, 0.5) is 11.9 Å². The Balaban J connectivity index is 1.44. The highest BCUT2D eigenvalue weighted by Crippen LogP contribution is 2.23. The number of halogens is 1. The molecular formula is C23H29ClN6O. The van der Waals surface area contributed by atoms with Gasteiger partial charge in [0.1, 0.15) is 0 Å². The minimum absolute atomic E-state index is 0.0668. The molecule has 1 fully saturated rings. The number of H-pyrrole nitrogens is 1. The first-order chi connectivity index (χ1) is 15.1. The molecule has 0 saturated carbocycles. The third kappa shape index (κ3) is 5.76. The lowest BCUT2D eigenvalue weighted by atomic mass is 10.0. The van der Waals surface area contributed by atoms with Crippen LogP contribution in [0.3, 0.4) is 0 Å². The lowest BCUT2D eigenvalue weighted by Gasteiger charge is -2.38. The number of piperidine rings is 1. The molecule has 2 heterocycles. The molecule has 0 radical (unpaired) electrons. The zero-order chi connectivity index (χ0) is 21.6. The summed E-state index contributed by atoms with van der Waals surface area (Å²) in [4.78, 5) is 9.04. The third-order valence-electron chi connectivity index (χ3n) is 5.93. The minimum atomic E-state index is 0.0668. The Labute approximate surface area is 187 Å². The molecule has 0 spiro atoms. The number of aromatic nitrogens is 3. The first-order valence-electron chi connectivity index (χ1n) is 10.7. The predicted octanol–water partition coefficient (Wildman–Crippen LogP) is 3.25. The molecule has 3 aromatic rings. The molecule has 1 aromatic heterocycles. The predicted molar refractivity (Wildman–Crippen MR) is 124 cm³/mol. The zero-order valence-corrected chi connectivity index (χ0v) is 18.3. The van der Waals surface area contributed by atoms with E-state index >= 15 is 0 Å². The van der Waals surface area contributed by atoms with E-state index in [0.29, 0.717) is 6.04 Å². The Bertz CT molecular complexity index is 968. The monoisotopic (exact) mass is 440 g/mol. The van der Waals surface area contributed by atoms with Gasteiger partial charge in [0.05, 0.1) is 6.61 Å². The second-order valence-corrected chi connectivity index (χ2v) is 8.50. The number of nitrogens with zero attached hydrogens (tertiary/aromatic N) is 4. The van der Waals surface area contributed by atoms with Gasteiger partial charge in [0, 0.05) is 37.2 Å². The van der Waals surface area contributed by atoms with Gasteiger partial charge in [0.2, 0.25) is 11.9 Å². The summed E-state index contributed by atoms with van der Waals surface area (Å²) in [7, 11) is 0. The molecule has 31 heavy (non-hydrogen) atoms. The smallest absolute Gasteiger partial charge is 0.241 e. The van der Waals surface area contributed by atoms with Crippen LogP contribution in [0.25, 0.3) is 0 Å². The Morgan fingerprint density at radius 2 is 1.84 bits per heavy atom. The van der Waals surface area contributed by atoms with E-state index in [-0.39, 0.29) is 12.6 Å². The van der Waals surface area contributed by atoms with Gasteiger partial charge in [-0.3, -0.25) is 4.90 Å². The number of anilines is 2. The minimum Gasteiger partial charge on any atom is -0.392 e. The number of nitrogens with one attached hydrogen (secondary N) is 1. The van der Waals surface area contributed by atoms with Gasteiger partial charge in [-0.05, 0) is 48.1 Å². The molecular weight excluding hydrogens is 412 g/mol. The van der Waals surface area contributed by atoms with Crippen molar-refractivity contribution in [1.82, 2.24) is 20.1 Å². The van der Waals surface area contributed by atoms with Crippen LogP contribution in [0.5, 0.6) is 0 Å². The molecule has 7 nitrogen and oxygen atoms in total. The van der Waals surface area contributed by atoms with Crippen molar-refractivity contribution < 1.29 is 5.11 Å². The van der Waals surface area contributed by atoms with Crippen LogP contribution >= 0.6 is 11.6 Å². The van der Waals surface area contributed by atoms with E-state index in [1.807, 2.05) is 24.3 Å².